The first-order valence-corrected chi connectivity index (χ1v) is 11.3. The predicted octanol–water partition coefficient (Wildman–Crippen LogP) is 3.25. The van der Waals surface area contributed by atoms with E-state index in [1.54, 1.807) is 11.6 Å². The van der Waals surface area contributed by atoms with E-state index in [1.807, 2.05) is 24.3 Å². The number of rotatable bonds is 7. The molecule has 1 N–H and O–H groups in total. The number of aromatic nitrogens is 1. The maximum absolute atomic E-state index is 12.4. The number of carbonyl (C=O) groups excluding carboxylic acids is 1. The van der Waals surface area contributed by atoms with Gasteiger partial charge in [-0.2, -0.15) is 0 Å². The SMILES string of the molecule is Cc1cccc(CN2CCC(CNC(=O)COc3cc(=O)n(C)c4ccccc34)CC2)c1. The van der Waals surface area contributed by atoms with Crippen LogP contribution in [0.15, 0.2) is 59.4 Å². The molecule has 0 spiro atoms. The second kappa shape index (κ2) is 10.0. The van der Waals surface area contributed by atoms with Crippen molar-refractivity contribution < 1.29 is 9.53 Å². The molecule has 1 amide bonds. The van der Waals surface area contributed by atoms with E-state index in [2.05, 4.69) is 41.4 Å². The third kappa shape index (κ3) is 5.37. The van der Waals surface area contributed by atoms with Crippen molar-refractivity contribution in [2.45, 2.75) is 26.3 Å². The summed E-state index contributed by atoms with van der Waals surface area (Å²) in [7, 11) is 1.73. The molecule has 2 aromatic carbocycles. The minimum atomic E-state index is -0.156. The van der Waals surface area contributed by atoms with Gasteiger partial charge in [0.1, 0.15) is 5.75 Å². The predicted molar refractivity (Wildman–Crippen MR) is 127 cm³/mol. The number of benzene rings is 2. The lowest BCUT2D eigenvalue weighted by atomic mass is 9.96. The Morgan fingerprint density at radius 3 is 2.66 bits per heavy atom. The molecule has 1 aliphatic rings. The van der Waals surface area contributed by atoms with Gasteiger partial charge >= 0.3 is 0 Å². The summed E-state index contributed by atoms with van der Waals surface area (Å²) in [4.78, 5) is 27.0. The highest BCUT2D eigenvalue weighted by Gasteiger charge is 2.20. The van der Waals surface area contributed by atoms with Gasteiger partial charge in [-0.25, -0.2) is 0 Å². The van der Waals surface area contributed by atoms with E-state index in [0.717, 1.165) is 43.4 Å². The average molecular weight is 434 g/mol. The number of carbonyl (C=O) groups is 1. The zero-order valence-electron chi connectivity index (χ0n) is 18.8. The summed E-state index contributed by atoms with van der Waals surface area (Å²) in [5, 5.41) is 3.83. The summed E-state index contributed by atoms with van der Waals surface area (Å²) in [6, 6.07) is 17.7. The molecular weight excluding hydrogens is 402 g/mol. The van der Waals surface area contributed by atoms with Gasteiger partial charge in [-0.15, -0.1) is 0 Å². The number of ether oxygens (including phenoxy) is 1. The van der Waals surface area contributed by atoms with Crippen LogP contribution in [0.25, 0.3) is 10.9 Å². The maximum atomic E-state index is 12.4. The Kier molecular flexibility index (Phi) is 6.90. The standard InChI is InChI=1S/C26H31N3O3/c1-19-6-5-7-21(14-19)17-29-12-10-20(11-13-29)16-27-25(30)18-32-24-15-26(31)28(2)23-9-4-3-8-22(23)24/h3-9,14-15,20H,10-13,16-18H2,1-2H3,(H,27,30). The first-order chi connectivity index (χ1) is 15.5. The van der Waals surface area contributed by atoms with Crippen molar-refractivity contribution in [3.63, 3.8) is 0 Å². The molecule has 0 saturated carbocycles. The summed E-state index contributed by atoms with van der Waals surface area (Å²) < 4.78 is 7.29. The normalized spacial score (nSPS) is 15.1. The molecule has 1 saturated heterocycles. The van der Waals surface area contributed by atoms with Gasteiger partial charge in [-0.1, -0.05) is 42.0 Å². The molecule has 0 bridgehead atoms. The highest BCUT2D eigenvalue weighted by atomic mass is 16.5. The fourth-order valence-electron chi connectivity index (χ4n) is 4.37. The van der Waals surface area contributed by atoms with Crippen molar-refractivity contribution in [1.29, 1.82) is 0 Å². The minimum Gasteiger partial charge on any atom is -0.483 e. The van der Waals surface area contributed by atoms with Crippen LogP contribution in [0, 0.1) is 12.8 Å². The molecule has 2 heterocycles. The zero-order valence-corrected chi connectivity index (χ0v) is 18.8. The van der Waals surface area contributed by atoms with E-state index in [0.29, 0.717) is 18.2 Å². The lowest BCUT2D eigenvalue weighted by Gasteiger charge is -2.32. The van der Waals surface area contributed by atoms with Gasteiger partial charge in [-0.05, 0) is 56.5 Å². The number of para-hydroxylation sites is 1. The van der Waals surface area contributed by atoms with Crippen molar-refractivity contribution in [2.75, 3.05) is 26.2 Å². The first kappa shape index (κ1) is 22.1. The number of aryl methyl sites for hydroxylation is 2. The number of nitrogens with one attached hydrogen (secondary N) is 1. The number of pyridine rings is 1. The lowest BCUT2D eigenvalue weighted by Crippen LogP contribution is -2.39. The van der Waals surface area contributed by atoms with Crippen LogP contribution in [-0.2, 0) is 18.4 Å². The van der Waals surface area contributed by atoms with Gasteiger partial charge in [0.25, 0.3) is 11.5 Å². The van der Waals surface area contributed by atoms with Gasteiger partial charge in [0.05, 0.1) is 5.52 Å². The molecule has 0 radical (unpaired) electrons. The number of nitrogens with zero attached hydrogens (tertiary/aromatic N) is 2. The number of likely N-dealkylation sites (tertiary alicyclic amines) is 1. The van der Waals surface area contributed by atoms with Crippen molar-refractivity contribution in [3.8, 4) is 5.75 Å². The summed E-state index contributed by atoms with van der Waals surface area (Å²) >= 11 is 0. The van der Waals surface area contributed by atoms with E-state index in [-0.39, 0.29) is 18.1 Å². The number of hydrogen-bond donors (Lipinski definition) is 1. The smallest absolute Gasteiger partial charge is 0.257 e. The summed E-state index contributed by atoms with van der Waals surface area (Å²) in [5.41, 5.74) is 3.28. The van der Waals surface area contributed by atoms with Gasteiger partial charge in [0.15, 0.2) is 6.61 Å². The monoisotopic (exact) mass is 433 g/mol. The van der Waals surface area contributed by atoms with Crippen LogP contribution >= 0.6 is 0 Å². The Labute approximate surface area is 188 Å². The van der Waals surface area contributed by atoms with E-state index >= 15 is 0 Å². The molecule has 0 aliphatic carbocycles. The Bertz CT molecular complexity index is 1150. The van der Waals surface area contributed by atoms with Crippen LogP contribution in [-0.4, -0.2) is 41.6 Å². The molecule has 6 nitrogen and oxygen atoms in total. The molecule has 0 unspecified atom stereocenters. The Morgan fingerprint density at radius 2 is 1.88 bits per heavy atom. The summed E-state index contributed by atoms with van der Waals surface area (Å²) in [6.07, 6.45) is 2.15. The molecule has 3 aromatic rings. The topological polar surface area (TPSA) is 63.6 Å². The van der Waals surface area contributed by atoms with Crippen LogP contribution in [0.2, 0.25) is 0 Å². The third-order valence-corrected chi connectivity index (χ3v) is 6.26. The molecule has 1 aromatic heterocycles. The maximum Gasteiger partial charge on any atom is 0.257 e. The molecule has 32 heavy (non-hydrogen) atoms. The molecule has 1 fully saturated rings. The largest absolute Gasteiger partial charge is 0.483 e. The van der Waals surface area contributed by atoms with Crippen molar-refractivity contribution in [1.82, 2.24) is 14.8 Å². The van der Waals surface area contributed by atoms with Gasteiger partial charge in [-0.3, -0.25) is 14.5 Å². The minimum absolute atomic E-state index is 0.0939. The van der Waals surface area contributed by atoms with E-state index in [1.165, 1.54) is 17.2 Å². The van der Waals surface area contributed by atoms with E-state index in [4.69, 9.17) is 4.74 Å². The molecule has 168 valence electrons. The molecule has 4 rings (SSSR count). The summed E-state index contributed by atoms with van der Waals surface area (Å²) in [5.74, 6) is 0.776. The molecule has 6 heteroatoms. The van der Waals surface area contributed by atoms with Crippen LogP contribution in [0.3, 0.4) is 0 Å². The average Bonchev–Trinajstić information content (AvgIpc) is 2.80. The van der Waals surface area contributed by atoms with E-state index in [9.17, 15) is 9.59 Å². The fraction of sp³-hybridized carbons (Fsp3) is 0.385. The van der Waals surface area contributed by atoms with Crippen LogP contribution in [0.1, 0.15) is 24.0 Å². The number of amides is 1. The van der Waals surface area contributed by atoms with Gasteiger partial charge < -0.3 is 14.6 Å². The molecule has 1 aliphatic heterocycles. The number of hydrogen-bond acceptors (Lipinski definition) is 4. The van der Waals surface area contributed by atoms with Crippen molar-refractivity contribution in [3.05, 3.63) is 76.1 Å². The van der Waals surface area contributed by atoms with Crippen LogP contribution in [0.4, 0.5) is 0 Å². The fourth-order valence-corrected chi connectivity index (χ4v) is 4.37. The molecule has 0 atom stereocenters. The summed E-state index contributed by atoms with van der Waals surface area (Å²) in [6.45, 7) is 5.77. The highest BCUT2D eigenvalue weighted by molar-refractivity contribution is 5.86. The van der Waals surface area contributed by atoms with Crippen molar-refractivity contribution >= 4 is 16.8 Å². The van der Waals surface area contributed by atoms with Crippen LogP contribution < -0.4 is 15.6 Å². The van der Waals surface area contributed by atoms with Crippen LogP contribution in [0.5, 0.6) is 5.75 Å². The Hall–Kier alpha value is -3.12. The lowest BCUT2D eigenvalue weighted by molar-refractivity contribution is -0.123. The van der Waals surface area contributed by atoms with Crippen molar-refractivity contribution in [2.24, 2.45) is 13.0 Å². The Balaban J connectivity index is 1.23. The third-order valence-electron chi connectivity index (χ3n) is 6.26. The van der Waals surface area contributed by atoms with Gasteiger partial charge in [0.2, 0.25) is 0 Å². The molecular formula is C26H31N3O3. The Morgan fingerprint density at radius 1 is 1.09 bits per heavy atom. The second-order valence-electron chi connectivity index (χ2n) is 8.72. The highest BCUT2D eigenvalue weighted by Crippen LogP contribution is 2.23. The number of fused-ring (bicyclic) bond motifs is 1. The number of piperidine rings is 1. The quantitative estimate of drug-likeness (QED) is 0.621. The van der Waals surface area contributed by atoms with Gasteiger partial charge in [0, 0.05) is 31.6 Å². The first-order valence-electron chi connectivity index (χ1n) is 11.3. The zero-order chi connectivity index (χ0) is 22.5. The second-order valence-corrected chi connectivity index (χ2v) is 8.72. The van der Waals surface area contributed by atoms with E-state index < -0.39 is 0 Å².